The summed E-state index contributed by atoms with van der Waals surface area (Å²) < 4.78 is 47.0. The number of piperazine rings is 1. The van der Waals surface area contributed by atoms with Crippen LogP contribution in [0, 0.1) is 6.92 Å². The molecule has 0 saturated carbocycles. The highest BCUT2D eigenvalue weighted by Gasteiger charge is 2.40. The van der Waals surface area contributed by atoms with Crippen LogP contribution in [0.2, 0.25) is 0 Å². The number of urea groups is 1. The number of ether oxygens (including phenoxy) is 1. The molecule has 0 spiro atoms. The first kappa shape index (κ1) is 23.3. The molecule has 0 aliphatic carbocycles. The third kappa shape index (κ3) is 4.75. The number of nitrogens with two attached hydrogens (primary N) is 1. The number of methoxy groups -OCH3 is 1. The highest BCUT2D eigenvalue weighted by Crippen LogP contribution is 2.32. The number of hydrogen-bond acceptors (Lipinski definition) is 8. The van der Waals surface area contributed by atoms with E-state index >= 15 is 0 Å². The molecule has 1 atom stereocenters. The number of carbonyl (C=O) groups excluding carboxylic acids is 1. The van der Waals surface area contributed by atoms with E-state index in [1.165, 1.54) is 27.8 Å². The molecule has 3 aromatic heterocycles. The van der Waals surface area contributed by atoms with Crippen molar-refractivity contribution in [2.45, 2.75) is 25.6 Å². The Hall–Kier alpha value is -3.84. The molecule has 1 fully saturated rings. The highest BCUT2D eigenvalue weighted by atomic mass is 19.4. The third-order valence-corrected chi connectivity index (χ3v) is 5.61. The number of aryl methyl sites for hydroxylation is 2. The van der Waals surface area contributed by atoms with E-state index in [-0.39, 0.29) is 31.4 Å². The van der Waals surface area contributed by atoms with E-state index in [0.717, 1.165) is 0 Å². The van der Waals surface area contributed by atoms with Gasteiger partial charge in [-0.2, -0.15) is 28.2 Å². The lowest BCUT2D eigenvalue weighted by Gasteiger charge is -2.42. The van der Waals surface area contributed by atoms with Gasteiger partial charge in [-0.25, -0.2) is 9.78 Å². The van der Waals surface area contributed by atoms with Crippen molar-refractivity contribution in [3.05, 3.63) is 24.0 Å². The zero-order valence-corrected chi connectivity index (χ0v) is 18.8. The van der Waals surface area contributed by atoms with Gasteiger partial charge in [0.25, 0.3) is 0 Å². The molecule has 1 aliphatic rings. The summed E-state index contributed by atoms with van der Waals surface area (Å²) >= 11 is 0. The summed E-state index contributed by atoms with van der Waals surface area (Å²) in [7, 11) is 3.13. The minimum Gasteiger partial charge on any atom is -0.481 e. The fraction of sp³-hybridized carbons (Fsp3) is 0.450. The van der Waals surface area contributed by atoms with Crippen LogP contribution in [0.15, 0.2) is 18.3 Å². The fourth-order valence-corrected chi connectivity index (χ4v) is 3.98. The summed E-state index contributed by atoms with van der Waals surface area (Å²) in [6.45, 7) is 1.82. The van der Waals surface area contributed by atoms with Crippen molar-refractivity contribution in [1.82, 2.24) is 29.6 Å². The first-order chi connectivity index (χ1) is 16.1. The van der Waals surface area contributed by atoms with Crippen molar-refractivity contribution < 1.29 is 22.7 Å². The number of amides is 2. The number of halogens is 3. The molecule has 0 bridgehead atoms. The number of hydrogen-bond donors (Lipinski definition) is 2. The van der Waals surface area contributed by atoms with Crippen LogP contribution in [0.3, 0.4) is 0 Å². The number of carbonyl (C=O) groups is 1. The van der Waals surface area contributed by atoms with E-state index < -0.39 is 24.7 Å². The van der Waals surface area contributed by atoms with Crippen LogP contribution < -0.4 is 20.7 Å². The van der Waals surface area contributed by atoms with Crippen LogP contribution in [0.5, 0.6) is 5.88 Å². The van der Waals surface area contributed by atoms with Gasteiger partial charge in [0.15, 0.2) is 5.65 Å². The van der Waals surface area contributed by atoms with Gasteiger partial charge in [-0.05, 0) is 13.0 Å². The van der Waals surface area contributed by atoms with Crippen molar-refractivity contribution in [2.75, 3.05) is 42.7 Å². The molecular weight excluding hydrogens is 455 g/mol. The minimum atomic E-state index is -4.45. The monoisotopic (exact) mass is 479 g/mol. The van der Waals surface area contributed by atoms with Gasteiger partial charge in [0, 0.05) is 32.7 Å². The summed E-state index contributed by atoms with van der Waals surface area (Å²) in [6.07, 6.45) is -4.09. The maximum Gasteiger partial charge on any atom is 0.391 e. The standard InChI is InChI=1S/C20H24F3N9O2/c1-11-14(4-5-15(26-11)34-3)27-19(33)31-6-7-32(12(10-31)8-20(21,22)23)17-13-9-25-30(2)16(13)28-18(24)29-17/h4-5,9,12H,6-8,10H2,1-3H3,(H,27,33)(H2,24,28,29). The van der Waals surface area contributed by atoms with E-state index in [1.54, 1.807) is 26.1 Å². The van der Waals surface area contributed by atoms with E-state index in [2.05, 4.69) is 25.4 Å². The third-order valence-electron chi connectivity index (χ3n) is 5.61. The second-order valence-electron chi connectivity index (χ2n) is 7.94. The molecule has 182 valence electrons. The Morgan fingerprint density at radius 2 is 2.03 bits per heavy atom. The number of anilines is 3. The quantitative estimate of drug-likeness (QED) is 0.584. The molecule has 34 heavy (non-hydrogen) atoms. The molecule has 0 aromatic carbocycles. The molecule has 1 unspecified atom stereocenters. The van der Waals surface area contributed by atoms with Crippen LogP contribution in [-0.4, -0.2) is 74.6 Å². The summed E-state index contributed by atoms with van der Waals surface area (Å²) in [5.74, 6) is 0.583. The van der Waals surface area contributed by atoms with Crippen molar-refractivity contribution >= 4 is 34.5 Å². The lowest BCUT2D eigenvalue weighted by molar-refractivity contribution is -0.139. The van der Waals surface area contributed by atoms with Gasteiger partial charge >= 0.3 is 12.2 Å². The molecule has 14 heteroatoms. The highest BCUT2D eigenvalue weighted by molar-refractivity contribution is 5.91. The number of nitrogens with one attached hydrogen (secondary N) is 1. The Morgan fingerprint density at radius 3 is 2.71 bits per heavy atom. The Balaban J connectivity index is 1.59. The summed E-state index contributed by atoms with van der Waals surface area (Å²) in [5, 5.41) is 7.33. The zero-order chi connectivity index (χ0) is 24.6. The molecule has 2 amide bonds. The van der Waals surface area contributed by atoms with Crippen LogP contribution in [0.1, 0.15) is 12.1 Å². The number of pyridine rings is 1. The summed E-state index contributed by atoms with van der Waals surface area (Å²) in [4.78, 5) is 28.3. The SMILES string of the molecule is COc1ccc(NC(=O)N2CCN(c3nc(N)nc4c3cnn4C)C(CC(F)(F)F)C2)c(C)n1. The average molecular weight is 479 g/mol. The van der Waals surface area contributed by atoms with Crippen molar-refractivity contribution in [1.29, 1.82) is 0 Å². The van der Waals surface area contributed by atoms with Crippen LogP contribution in [-0.2, 0) is 7.05 Å². The van der Waals surface area contributed by atoms with Crippen LogP contribution >= 0.6 is 0 Å². The molecule has 11 nitrogen and oxygen atoms in total. The number of alkyl halides is 3. The predicted octanol–water partition coefficient (Wildman–Crippen LogP) is 2.33. The molecule has 1 aliphatic heterocycles. The first-order valence-corrected chi connectivity index (χ1v) is 10.4. The Morgan fingerprint density at radius 1 is 1.26 bits per heavy atom. The molecule has 4 rings (SSSR count). The topological polar surface area (TPSA) is 127 Å². The van der Waals surface area contributed by atoms with E-state index in [0.29, 0.717) is 28.3 Å². The summed E-state index contributed by atoms with van der Waals surface area (Å²) in [5.41, 5.74) is 7.21. The Kier molecular flexibility index (Phi) is 6.06. The van der Waals surface area contributed by atoms with Crippen LogP contribution in [0.4, 0.5) is 35.4 Å². The smallest absolute Gasteiger partial charge is 0.391 e. The van der Waals surface area contributed by atoms with Gasteiger partial charge < -0.3 is 25.6 Å². The fourth-order valence-electron chi connectivity index (χ4n) is 3.98. The Labute approximate surface area is 192 Å². The lowest BCUT2D eigenvalue weighted by atomic mass is 10.1. The van der Waals surface area contributed by atoms with E-state index in [4.69, 9.17) is 10.5 Å². The summed E-state index contributed by atoms with van der Waals surface area (Å²) in [6, 6.07) is 1.62. The van der Waals surface area contributed by atoms with Crippen molar-refractivity contribution in [3.63, 3.8) is 0 Å². The average Bonchev–Trinajstić information content (AvgIpc) is 3.14. The maximum absolute atomic E-state index is 13.5. The molecule has 4 heterocycles. The lowest BCUT2D eigenvalue weighted by Crippen LogP contribution is -2.57. The first-order valence-electron chi connectivity index (χ1n) is 10.4. The number of rotatable bonds is 4. The molecule has 1 saturated heterocycles. The Bertz CT molecular complexity index is 1210. The van der Waals surface area contributed by atoms with Crippen LogP contribution in [0.25, 0.3) is 11.0 Å². The number of aromatic nitrogens is 5. The van der Waals surface area contributed by atoms with Gasteiger partial charge in [0.05, 0.1) is 42.5 Å². The van der Waals surface area contributed by atoms with E-state index in [9.17, 15) is 18.0 Å². The van der Waals surface area contributed by atoms with Gasteiger partial charge in [0.2, 0.25) is 11.8 Å². The number of fused-ring (bicyclic) bond motifs is 1. The van der Waals surface area contributed by atoms with Gasteiger partial charge in [0.1, 0.15) is 5.82 Å². The molecule has 0 radical (unpaired) electrons. The maximum atomic E-state index is 13.5. The number of nitrogen functional groups attached to an aromatic ring is 1. The van der Waals surface area contributed by atoms with Crippen molar-refractivity contribution in [3.8, 4) is 5.88 Å². The predicted molar refractivity (Wildman–Crippen MR) is 119 cm³/mol. The zero-order valence-electron chi connectivity index (χ0n) is 18.8. The second-order valence-corrected chi connectivity index (χ2v) is 7.94. The minimum absolute atomic E-state index is 0.0699. The largest absolute Gasteiger partial charge is 0.481 e. The van der Waals surface area contributed by atoms with E-state index in [1.807, 2.05) is 0 Å². The number of nitrogens with zero attached hydrogens (tertiary/aromatic N) is 7. The molecular formula is C20H24F3N9O2. The van der Waals surface area contributed by atoms with Crippen molar-refractivity contribution in [2.24, 2.45) is 7.05 Å². The second kappa shape index (κ2) is 8.83. The normalized spacial score (nSPS) is 16.7. The molecule has 3 aromatic rings. The van der Waals surface area contributed by atoms with Gasteiger partial charge in [-0.3, -0.25) is 4.68 Å². The molecule has 3 N–H and O–H groups in total. The van der Waals surface area contributed by atoms with Gasteiger partial charge in [-0.1, -0.05) is 0 Å². The van der Waals surface area contributed by atoms with Gasteiger partial charge in [-0.15, -0.1) is 0 Å².